The Morgan fingerprint density at radius 2 is 2.04 bits per heavy atom. The molecule has 1 aliphatic rings. The minimum Gasteiger partial charge on any atom is -0.493 e. The molecule has 2 N–H and O–H groups in total. The van der Waals surface area contributed by atoms with Gasteiger partial charge >= 0.3 is 5.97 Å². The summed E-state index contributed by atoms with van der Waals surface area (Å²) in [6, 6.07) is 5.86. The lowest BCUT2D eigenvalue weighted by molar-refractivity contribution is -0.139. The number of hydrogen-bond donors (Lipinski definition) is 2. The van der Waals surface area contributed by atoms with Crippen molar-refractivity contribution in [2.75, 3.05) is 13.7 Å². The van der Waals surface area contributed by atoms with Crippen LogP contribution in [0.25, 0.3) is 0 Å². The van der Waals surface area contributed by atoms with Crippen LogP contribution in [-0.2, 0) is 16.0 Å². The second kappa shape index (κ2) is 9.45. The van der Waals surface area contributed by atoms with Gasteiger partial charge in [0.05, 0.1) is 6.61 Å². The van der Waals surface area contributed by atoms with E-state index in [9.17, 15) is 9.59 Å². The van der Waals surface area contributed by atoms with Gasteiger partial charge in [-0.1, -0.05) is 32.4 Å². The fourth-order valence-corrected chi connectivity index (χ4v) is 3.18. The summed E-state index contributed by atoms with van der Waals surface area (Å²) in [5, 5.41) is 10.3. The average molecular weight is 339 g/mol. The van der Waals surface area contributed by atoms with Crippen molar-refractivity contribution in [2.24, 2.45) is 0 Å². The van der Waals surface area contributed by atoms with Crippen molar-refractivity contribution in [3.63, 3.8) is 0 Å². The van der Waals surface area contributed by atoms with Gasteiger partial charge < -0.3 is 15.2 Å². The second-order valence-corrected chi connectivity index (χ2v) is 6.73. The van der Waals surface area contributed by atoms with Gasteiger partial charge in [0, 0.05) is 18.7 Å². The lowest BCUT2D eigenvalue weighted by Gasteiger charge is -2.17. The molecule has 2 atom stereocenters. The van der Waals surface area contributed by atoms with Crippen molar-refractivity contribution in [3.05, 3.63) is 29.3 Å². The molecule has 1 aromatic rings. The molecule has 0 spiro atoms. The molecule has 1 amide bonds. The van der Waals surface area contributed by atoms with Crippen LogP contribution in [0.5, 0.6) is 5.75 Å². The predicted octanol–water partition coefficient (Wildman–Crippen LogP) is 3.03. The Labute approximate surface area is 141 Å². The van der Waals surface area contributed by atoms with Crippen LogP contribution >= 0.6 is 11.8 Å². The third-order valence-electron chi connectivity index (χ3n) is 3.23. The monoisotopic (exact) mass is 339 g/mol. The Hall–Kier alpha value is -1.69. The summed E-state index contributed by atoms with van der Waals surface area (Å²) in [4.78, 5) is 22.7. The zero-order valence-electron chi connectivity index (χ0n) is 14.1. The summed E-state index contributed by atoms with van der Waals surface area (Å²) in [6.45, 7) is 6.84. The van der Waals surface area contributed by atoms with Gasteiger partial charge in [-0.05, 0) is 24.1 Å². The Morgan fingerprint density at radius 3 is 2.61 bits per heavy atom. The van der Waals surface area contributed by atoms with Gasteiger partial charge in [-0.2, -0.15) is 0 Å². The molecule has 5 nitrogen and oxygen atoms in total. The van der Waals surface area contributed by atoms with Crippen molar-refractivity contribution in [1.82, 2.24) is 5.32 Å². The number of benzene rings is 1. The van der Waals surface area contributed by atoms with E-state index in [0.717, 1.165) is 35.1 Å². The van der Waals surface area contributed by atoms with Gasteiger partial charge in [-0.3, -0.25) is 9.59 Å². The summed E-state index contributed by atoms with van der Waals surface area (Å²) in [5.41, 5.74) is 2.15. The molecule has 128 valence electrons. The topological polar surface area (TPSA) is 75.6 Å². The number of carboxylic acids is 1. The molecule has 2 rings (SSSR count). The Balaban J connectivity index is 0.000000816. The molecule has 1 heterocycles. The Kier molecular flexibility index (Phi) is 7.95. The van der Waals surface area contributed by atoms with Crippen LogP contribution in [0.15, 0.2) is 18.2 Å². The molecule has 1 aliphatic heterocycles. The maximum Gasteiger partial charge on any atom is 0.326 e. The number of ether oxygens (including phenoxy) is 1. The number of amides is 1. The second-order valence-electron chi connectivity index (χ2n) is 5.28. The Bertz CT molecular complexity index is 547. The molecule has 0 aliphatic carbocycles. The van der Waals surface area contributed by atoms with Crippen LogP contribution in [0, 0.1) is 0 Å². The molecule has 0 saturated carbocycles. The lowest BCUT2D eigenvalue weighted by atomic mass is 10.1. The van der Waals surface area contributed by atoms with Crippen molar-refractivity contribution < 1.29 is 19.4 Å². The molecule has 1 aromatic carbocycles. The number of nitrogens with one attached hydrogen (secondary N) is 1. The van der Waals surface area contributed by atoms with Crippen LogP contribution in [0.2, 0.25) is 0 Å². The SMILES string of the molecule is CCC.CNC(=O)C(SC(C)c1ccc2c(c1)CCO2)C(=O)O. The first kappa shape index (κ1) is 19.4. The minimum absolute atomic E-state index is 0.0840. The van der Waals surface area contributed by atoms with E-state index in [1.165, 1.54) is 13.5 Å². The number of hydrogen-bond acceptors (Lipinski definition) is 4. The zero-order chi connectivity index (χ0) is 17.4. The van der Waals surface area contributed by atoms with Crippen LogP contribution in [-0.4, -0.2) is 35.9 Å². The van der Waals surface area contributed by atoms with Crippen LogP contribution in [0.3, 0.4) is 0 Å². The predicted molar refractivity (Wildman–Crippen MR) is 93.1 cm³/mol. The number of carbonyl (C=O) groups is 2. The molecule has 0 radical (unpaired) electrons. The summed E-state index contributed by atoms with van der Waals surface area (Å²) in [7, 11) is 1.44. The van der Waals surface area contributed by atoms with Crippen LogP contribution < -0.4 is 10.1 Å². The third kappa shape index (κ3) is 5.46. The van der Waals surface area contributed by atoms with E-state index in [4.69, 9.17) is 9.84 Å². The first-order valence-corrected chi connectivity index (χ1v) is 8.74. The van der Waals surface area contributed by atoms with Crippen molar-refractivity contribution in [2.45, 2.75) is 44.1 Å². The van der Waals surface area contributed by atoms with E-state index in [-0.39, 0.29) is 5.25 Å². The summed E-state index contributed by atoms with van der Waals surface area (Å²) in [5.74, 6) is -0.712. The molecular formula is C17H25NO4S. The fraction of sp³-hybridized carbons (Fsp3) is 0.529. The van der Waals surface area contributed by atoms with Crippen LogP contribution in [0.1, 0.15) is 43.6 Å². The van der Waals surface area contributed by atoms with Crippen LogP contribution in [0.4, 0.5) is 0 Å². The fourth-order valence-electron chi connectivity index (χ4n) is 2.11. The average Bonchev–Trinajstić information content (AvgIpc) is 2.99. The minimum atomic E-state index is -1.12. The van der Waals surface area contributed by atoms with E-state index < -0.39 is 17.1 Å². The summed E-state index contributed by atoms with van der Waals surface area (Å²) >= 11 is 1.13. The van der Waals surface area contributed by atoms with Gasteiger partial charge in [-0.15, -0.1) is 11.8 Å². The largest absolute Gasteiger partial charge is 0.493 e. The van der Waals surface area contributed by atoms with Gasteiger partial charge in [0.1, 0.15) is 5.75 Å². The van der Waals surface area contributed by atoms with Gasteiger partial charge in [0.25, 0.3) is 0 Å². The highest BCUT2D eigenvalue weighted by Gasteiger charge is 2.29. The van der Waals surface area contributed by atoms with E-state index in [0.29, 0.717) is 6.61 Å². The molecule has 2 unspecified atom stereocenters. The molecule has 23 heavy (non-hydrogen) atoms. The molecule has 0 bridgehead atoms. The zero-order valence-corrected chi connectivity index (χ0v) is 14.9. The van der Waals surface area contributed by atoms with Crippen molar-refractivity contribution >= 4 is 23.6 Å². The van der Waals surface area contributed by atoms with Gasteiger partial charge in [-0.25, -0.2) is 0 Å². The van der Waals surface area contributed by atoms with E-state index in [2.05, 4.69) is 19.2 Å². The highest BCUT2D eigenvalue weighted by molar-refractivity contribution is 8.01. The number of rotatable bonds is 5. The van der Waals surface area contributed by atoms with Gasteiger partial charge in [0.2, 0.25) is 5.91 Å². The number of carbonyl (C=O) groups excluding carboxylic acids is 1. The lowest BCUT2D eigenvalue weighted by Crippen LogP contribution is -2.36. The molecule has 0 fully saturated rings. The summed E-state index contributed by atoms with van der Waals surface area (Å²) < 4.78 is 5.44. The van der Waals surface area contributed by atoms with E-state index in [1.807, 2.05) is 25.1 Å². The molecule has 6 heteroatoms. The Morgan fingerprint density at radius 1 is 1.39 bits per heavy atom. The standard InChI is InChI=1S/C14H17NO4S.C3H8/c1-8(20-12(14(17)18)13(16)15-2)9-3-4-11-10(7-9)5-6-19-11;1-3-2/h3-4,7-8,12H,5-6H2,1-2H3,(H,15,16)(H,17,18);3H2,1-2H3. The van der Waals surface area contributed by atoms with Crippen molar-refractivity contribution in [3.8, 4) is 5.75 Å². The maximum atomic E-state index is 11.6. The third-order valence-corrected chi connectivity index (χ3v) is 4.60. The highest BCUT2D eigenvalue weighted by Crippen LogP contribution is 2.35. The maximum absolute atomic E-state index is 11.6. The smallest absolute Gasteiger partial charge is 0.326 e. The number of aliphatic carboxylic acids is 1. The summed E-state index contributed by atoms with van der Waals surface area (Å²) in [6.07, 6.45) is 2.12. The molecular weight excluding hydrogens is 314 g/mol. The number of carboxylic acid groups (broad SMARTS) is 1. The van der Waals surface area contributed by atoms with Gasteiger partial charge in [0.15, 0.2) is 5.25 Å². The normalized spacial score (nSPS) is 14.6. The number of fused-ring (bicyclic) bond motifs is 1. The molecule has 0 saturated heterocycles. The number of thioether (sulfide) groups is 1. The van der Waals surface area contributed by atoms with E-state index in [1.54, 1.807) is 0 Å². The molecule has 0 aromatic heterocycles. The quantitative estimate of drug-likeness (QED) is 0.807. The van der Waals surface area contributed by atoms with Crippen molar-refractivity contribution in [1.29, 1.82) is 0 Å². The first-order valence-electron chi connectivity index (χ1n) is 7.80. The highest BCUT2D eigenvalue weighted by atomic mass is 32.2. The van der Waals surface area contributed by atoms with E-state index >= 15 is 0 Å². The first-order chi connectivity index (χ1) is 10.9.